The number of nitrogens with one attached hydrogen (secondary N) is 2. The Morgan fingerprint density at radius 3 is 2.45 bits per heavy atom. The maximum atomic E-state index is 14.0. The zero-order chi connectivity index (χ0) is 44.2. The fraction of sp³-hybridized carbons (Fsp3) is 0.347. The van der Waals surface area contributed by atoms with Crippen molar-refractivity contribution in [2.45, 2.75) is 76.8 Å². The fourth-order valence-electron chi connectivity index (χ4n) is 9.31. The van der Waals surface area contributed by atoms with Crippen molar-refractivity contribution in [3.63, 3.8) is 0 Å². The number of halogens is 1. The Kier molecular flexibility index (Phi) is 12.4. The molecule has 6 heterocycles. The van der Waals surface area contributed by atoms with Gasteiger partial charge in [0.15, 0.2) is 0 Å². The monoisotopic (exact) mass is 880 g/mol. The first-order valence-corrected chi connectivity index (χ1v) is 22.4. The number of piperidine rings is 2. The highest BCUT2D eigenvalue weighted by atomic mass is 35.5. The lowest BCUT2D eigenvalue weighted by Crippen LogP contribution is -2.52. The van der Waals surface area contributed by atoms with Gasteiger partial charge in [-0.1, -0.05) is 73.0 Å². The minimum Gasteiger partial charge on any atom is -0.494 e. The molecular weight excluding hydrogens is 832 g/mol. The molecule has 3 aromatic carbocycles. The van der Waals surface area contributed by atoms with Crippen LogP contribution < -0.4 is 20.3 Å². The number of pyridine rings is 1. The van der Waals surface area contributed by atoms with E-state index in [0.717, 1.165) is 54.4 Å². The molecule has 3 saturated heterocycles. The summed E-state index contributed by atoms with van der Waals surface area (Å²) in [5, 5.41) is 6.02. The Balaban J connectivity index is 0.706. The fourth-order valence-corrected chi connectivity index (χ4v) is 9.52. The molecule has 1 spiro atoms. The number of likely N-dealkylation sites (tertiary alicyclic amines) is 1. The number of amides is 5. The van der Waals surface area contributed by atoms with Crippen LogP contribution in [0, 0.1) is 5.41 Å². The average molecular weight is 881 g/mol. The lowest BCUT2D eigenvalue weighted by molar-refractivity contribution is -0.137. The first-order chi connectivity index (χ1) is 31.1. The Hall–Kier alpha value is -6.67. The maximum absolute atomic E-state index is 14.0. The largest absolute Gasteiger partial charge is 0.494 e. The summed E-state index contributed by atoms with van der Waals surface area (Å²) in [6, 6.07) is 24.8. The number of ether oxygens (including phenoxy) is 1. The molecule has 1 atom stereocenters. The van der Waals surface area contributed by atoms with Gasteiger partial charge in [-0.2, -0.15) is 0 Å². The number of unbranched alkanes of at least 4 members (excludes halogenated alkanes) is 3. The van der Waals surface area contributed by atoms with Crippen LogP contribution in [0.15, 0.2) is 97.5 Å². The number of carbonyl (C=O) groups excluding carboxylic acids is 5. The number of imide groups is 1. The second-order valence-electron chi connectivity index (χ2n) is 17.0. The quantitative estimate of drug-likeness (QED) is 0.0832. The predicted octanol–water partition coefficient (Wildman–Crippen LogP) is 7.74. The van der Waals surface area contributed by atoms with Crippen LogP contribution in [0.25, 0.3) is 22.4 Å². The van der Waals surface area contributed by atoms with Crippen molar-refractivity contribution >= 4 is 58.5 Å². The highest BCUT2D eigenvalue weighted by Crippen LogP contribution is 2.44. The summed E-state index contributed by atoms with van der Waals surface area (Å²) < 4.78 is 5.99. The van der Waals surface area contributed by atoms with E-state index >= 15 is 0 Å². The van der Waals surface area contributed by atoms with Crippen molar-refractivity contribution in [1.29, 1.82) is 0 Å². The van der Waals surface area contributed by atoms with Gasteiger partial charge in [0.1, 0.15) is 11.8 Å². The zero-order valence-corrected chi connectivity index (χ0v) is 36.2. The Morgan fingerprint density at radius 1 is 0.844 bits per heavy atom. The normalized spacial score (nSPS) is 18.1. The van der Waals surface area contributed by atoms with Crippen molar-refractivity contribution in [2.24, 2.45) is 5.41 Å². The first kappa shape index (κ1) is 42.6. The molecule has 64 heavy (non-hydrogen) atoms. The molecule has 2 aromatic heterocycles. The zero-order valence-electron chi connectivity index (χ0n) is 35.4. The van der Waals surface area contributed by atoms with Crippen molar-refractivity contribution in [3.8, 4) is 28.1 Å². The molecule has 14 nitrogen and oxygen atoms in total. The minimum atomic E-state index is -0.648. The van der Waals surface area contributed by atoms with Crippen LogP contribution in [0.5, 0.6) is 5.75 Å². The van der Waals surface area contributed by atoms with Gasteiger partial charge in [-0.15, -0.1) is 0 Å². The molecule has 15 heteroatoms. The highest BCUT2D eigenvalue weighted by Gasteiger charge is 2.49. The van der Waals surface area contributed by atoms with Gasteiger partial charge in [-0.25, -0.2) is 9.97 Å². The van der Waals surface area contributed by atoms with E-state index < -0.39 is 17.4 Å². The third-order valence-corrected chi connectivity index (χ3v) is 13.2. The third kappa shape index (κ3) is 9.05. The number of fused-ring (bicyclic) bond motifs is 1. The molecule has 0 saturated carbocycles. The van der Waals surface area contributed by atoms with Crippen LogP contribution in [-0.2, 0) is 25.7 Å². The average Bonchev–Trinajstić information content (AvgIpc) is 3.81. The molecule has 0 aliphatic carbocycles. The van der Waals surface area contributed by atoms with E-state index in [9.17, 15) is 24.0 Å². The number of rotatable bonds is 14. The highest BCUT2D eigenvalue weighted by molar-refractivity contribution is 6.33. The SMILES string of the molecule is O=C1CCC(N2Cc3cc(OCCCCCCC(=O)N4CCC5(CC4)CCN(c4cncc(Nc6ncc(Cl)c(-c7cccc(-c8ccccc8)c7)n6)c4)C5=O)ccc3C2=O)C(=O)N1. The summed E-state index contributed by atoms with van der Waals surface area (Å²) in [4.78, 5) is 83.0. The Morgan fingerprint density at radius 2 is 1.62 bits per heavy atom. The summed E-state index contributed by atoms with van der Waals surface area (Å²) in [5.41, 5.74) is 5.81. The van der Waals surface area contributed by atoms with E-state index in [1.54, 1.807) is 30.7 Å². The van der Waals surface area contributed by atoms with Gasteiger partial charge in [0.2, 0.25) is 29.6 Å². The van der Waals surface area contributed by atoms with Crippen LogP contribution in [0.4, 0.5) is 17.3 Å². The molecule has 5 aromatic rings. The molecule has 328 valence electrons. The van der Waals surface area contributed by atoms with E-state index in [-0.39, 0.29) is 30.0 Å². The summed E-state index contributed by atoms with van der Waals surface area (Å²) in [5.74, 6) is 0.285. The molecule has 0 bridgehead atoms. The second-order valence-corrected chi connectivity index (χ2v) is 17.4. The van der Waals surface area contributed by atoms with Crippen LogP contribution in [-0.4, -0.2) is 86.6 Å². The minimum absolute atomic E-state index is 0.0756. The molecule has 3 fully saturated rings. The number of nitrogens with zero attached hydrogens (tertiary/aromatic N) is 6. The van der Waals surface area contributed by atoms with Gasteiger partial charge in [-0.05, 0) is 85.5 Å². The summed E-state index contributed by atoms with van der Waals surface area (Å²) in [7, 11) is 0. The topological polar surface area (TPSA) is 167 Å². The Labute approximate surface area is 376 Å². The van der Waals surface area contributed by atoms with E-state index in [1.807, 2.05) is 52.3 Å². The molecule has 4 aliphatic heterocycles. The summed E-state index contributed by atoms with van der Waals surface area (Å²) >= 11 is 6.60. The van der Waals surface area contributed by atoms with Gasteiger partial charge >= 0.3 is 0 Å². The predicted molar refractivity (Wildman–Crippen MR) is 242 cm³/mol. The number of hydrogen-bond donors (Lipinski definition) is 2. The third-order valence-electron chi connectivity index (χ3n) is 12.9. The lowest BCUT2D eigenvalue weighted by atomic mass is 9.77. The molecular formula is C49H49ClN8O6. The summed E-state index contributed by atoms with van der Waals surface area (Å²) in [6.07, 6.45) is 11.4. The van der Waals surface area contributed by atoms with E-state index in [4.69, 9.17) is 21.3 Å². The van der Waals surface area contributed by atoms with Gasteiger partial charge < -0.3 is 24.8 Å². The second kappa shape index (κ2) is 18.6. The van der Waals surface area contributed by atoms with Gasteiger partial charge in [0.05, 0.1) is 52.7 Å². The standard InChI is InChI=1S/C49H49ClN8O6/c50-40-30-52-48(55-44(40)34-12-8-11-33(25-34)32-9-4-3-5-10-32)53-36-27-37(29-51-28-36)57-23-20-49(47(57)63)18-21-56(22-19-49)43(60)13-6-1-2-7-24-64-38-14-15-39-35(26-38)31-58(46(39)62)41-16-17-42(59)54-45(41)61/h3-5,8-12,14-15,25-30,41H,1-2,6-7,13,16-24,31H2,(H,52,53,55)(H,54,59,61). The first-order valence-electron chi connectivity index (χ1n) is 22.0. The van der Waals surface area contributed by atoms with Crippen molar-refractivity contribution in [3.05, 3.63) is 114 Å². The van der Waals surface area contributed by atoms with E-state index in [1.165, 1.54) is 4.90 Å². The molecule has 2 N–H and O–H groups in total. The van der Waals surface area contributed by atoms with Crippen LogP contribution >= 0.6 is 11.6 Å². The smallest absolute Gasteiger partial charge is 0.255 e. The number of anilines is 3. The molecule has 1 unspecified atom stereocenters. The molecule has 0 radical (unpaired) electrons. The van der Waals surface area contributed by atoms with E-state index in [2.05, 4.69) is 44.9 Å². The molecule has 5 amide bonds. The number of benzene rings is 3. The van der Waals surface area contributed by atoms with Crippen LogP contribution in [0.1, 0.15) is 80.1 Å². The van der Waals surface area contributed by atoms with Crippen LogP contribution in [0.2, 0.25) is 5.02 Å². The van der Waals surface area contributed by atoms with Gasteiger partial charge in [-0.3, -0.25) is 34.3 Å². The number of carbonyl (C=O) groups is 5. The van der Waals surface area contributed by atoms with Gasteiger partial charge in [0, 0.05) is 50.1 Å². The summed E-state index contributed by atoms with van der Waals surface area (Å²) in [6.45, 7) is 2.52. The number of aromatic nitrogens is 3. The van der Waals surface area contributed by atoms with E-state index in [0.29, 0.717) is 97.8 Å². The van der Waals surface area contributed by atoms with Crippen molar-refractivity contribution in [2.75, 3.05) is 36.5 Å². The Bertz CT molecular complexity index is 2600. The number of hydrogen-bond acceptors (Lipinski definition) is 10. The van der Waals surface area contributed by atoms with Crippen molar-refractivity contribution < 1.29 is 28.7 Å². The lowest BCUT2D eigenvalue weighted by Gasteiger charge is -2.38. The van der Waals surface area contributed by atoms with Gasteiger partial charge in [0.25, 0.3) is 5.91 Å². The molecule has 9 rings (SSSR count). The molecule has 4 aliphatic rings. The van der Waals surface area contributed by atoms with Crippen molar-refractivity contribution in [1.82, 2.24) is 30.1 Å². The van der Waals surface area contributed by atoms with Crippen LogP contribution in [0.3, 0.4) is 0 Å². The maximum Gasteiger partial charge on any atom is 0.255 e.